The summed E-state index contributed by atoms with van der Waals surface area (Å²) in [4.78, 5) is 0. The third-order valence-electron chi connectivity index (χ3n) is 2.67. The first-order chi connectivity index (χ1) is 7.03. The van der Waals surface area contributed by atoms with Gasteiger partial charge in [0.05, 0.1) is 6.61 Å². The lowest BCUT2D eigenvalue weighted by Crippen LogP contribution is -2.36. The maximum absolute atomic E-state index is 11.6. The number of aliphatic hydroxyl groups excluding tert-OH is 1. The second-order valence-electron chi connectivity index (χ2n) is 3.73. The maximum atomic E-state index is 11.6. The molecule has 1 aliphatic carbocycles. The molecule has 0 heterocycles. The highest BCUT2D eigenvalue weighted by Crippen LogP contribution is 2.24. The summed E-state index contributed by atoms with van der Waals surface area (Å²) in [6.45, 7) is -0.114. The maximum Gasteiger partial charge on any atom is 0.522 e. The molecule has 0 aromatic heterocycles. The number of ether oxygens (including phenoxy) is 1. The Balaban J connectivity index is 2.09. The Labute approximate surface area is 86.6 Å². The van der Waals surface area contributed by atoms with Crippen LogP contribution in [0.2, 0.25) is 0 Å². The minimum Gasteiger partial charge on any atom is -0.396 e. The van der Waals surface area contributed by atoms with Crippen molar-refractivity contribution in [2.24, 2.45) is 5.92 Å². The molecule has 2 unspecified atom stereocenters. The quantitative estimate of drug-likeness (QED) is 0.695. The highest BCUT2D eigenvalue weighted by Gasteiger charge is 2.29. The molecule has 1 aliphatic rings. The summed E-state index contributed by atoms with van der Waals surface area (Å²) < 4.78 is 38.5. The predicted molar refractivity (Wildman–Crippen MR) is 48.2 cm³/mol. The van der Waals surface area contributed by atoms with E-state index in [1.165, 1.54) is 0 Å². The van der Waals surface area contributed by atoms with Crippen LogP contribution in [0.4, 0.5) is 13.2 Å². The molecule has 90 valence electrons. The van der Waals surface area contributed by atoms with Crippen LogP contribution in [-0.2, 0) is 4.74 Å². The summed E-state index contributed by atoms with van der Waals surface area (Å²) in [5, 5.41) is 11.9. The van der Waals surface area contributed by atoms with Crippen molar-refractivity contribution in [1.82, 2.24) is 5.32 Å². The molecule has 0 spiro atoms. The van der Waals surface area contributed by atoms with Crippen molar-refractivity contribution >= 4 is 0 Å². The van der Waals surface area contributed by atoms with Gasteiger partial charge in [-0.2, -0.15) is 0 Å². The van der Waals surface area contributed by atoms with Crippen molar-refractivity contribution in [2.45, 2.75) is 31.7 Å². The van der Waals surface area contributed by atoms with E-state index in [4.69, 9.17) is 5.11 Å². The summed E-state index contributed by atoms with van der Waals surface area (Å²) in [6, 6.07) is 0.131. The Bertz CT molecular complexity index is 187. The normalized spacial score (nSPS) is 27.2. The number of aliphatic hydroxyl groups is 1. The second kappa shape index (κ2) is 5.67. The van der Waals surface area contributed by atoms with Crippen molar-refractivity contribution in [3.05, 3.63) is 0 Å². The molecule has 0 bridgehead atoms. The lowest BCUT2D eigenvalue weighted by Gasteiger charge is -2.19. The van der Waals surface area contributed by atoms with Gasteiger partial charge in [-0.25, -0.2) is 0 Å². The molecule has 0 saturated heterocycles. The third kappa shape index (κ3) is 4.81. The van der Waals surface area contributed by atoms with Gasteiger partial charge in [-0.3, -0.25) is 4.74 Å². The van der Waals surface area contributed by atoms with Crippen LogP contribution in [0.5, 0.6) is 0 Å². The van der Waals surface area contributed by atoms with Gasteiger partial charge in [0, 0.05) is 19.2 Å². The van der Waals surface area contributed by atoms with Gasteiger partial charge in [-0.05, 0) is 18.8 Å². The Kier molecular flexibility index (Phi) is 4.82. The Morgan fingerprint density at radius 2 is 2.07 bits per heavy atom. The molecule has 2 atom stereocenters. The molecule has 1 rings (SSSR count). The molecule has 0 amide bonds. The summed E-state index contributed by atoms with van der Waals surface area (Å²) in [5.41, 5.74) is 0. The van der Waals surface area contributed by atoms with Gasteiger partial charge in [0.15, 0.2) is 0 Å². The SMILES string of the molecule is OCC1CCCC1NCCOC(F)(F)F. The summed E-state index contributed by atoms with van der Waals surface area (Å²) >= 11 is 0. The molecular weight excluding hydrogens is 211 g/mol. The number of hydrogen-bond acceptors (Lipinski definition) is 3. The van der Waals surface area contributed by atoms with E-state index in [9.17, 15) is 13.2 Å². The largest absolute Gasteiger partial charge is 0.522 e. The van der Waals surface area contributed by atoms with Crippen LogP contribution in [0, 0.1) is 5.92 Å². The van der Waals surface area contributed by atoms with E-state index >= 15 is 0 Å². The fraction of sp³-hybridized carbons (Fsp3) is 1.00. The molecule has 3 nitrogen and oxygen atoms in total. The molecule has 0 aromatic carbocycles. The molecule has 1 saturated carbocycles. The second-order valence-corrected chi connectivity index (χ2v) is 3.73. The van der Waals surface area contributed by atoms with E-state index in [0.717, 1.165) is 19.3 Å². The Hall–Kier alpha value is -0.330. The third-order valence-corrected chi connectivity index (χ3v) is 2.67. The van der Waals surface area contributed by atoms with Crippen LogP contribution >= 0.6 is 0 Å². The van der Waals surface area contributed by atoms with Crippen molar-refractivity contribution in [2.75, 3.05) is 19.8 Å². The highest BCUT2D eigenvalue weighted by molar-refractivity contribution is 4.82. The van der Waals surface area contributed by atoms with E-state index in [0.29, 0.717) is 0 Å². The zero-order valence-corrected chi connectivity index (χ0v) is 8.39. The topological polar surface area (TPSA) is 41.5 Å². The van der Waals surface area contributed by atoms with Crippen LogP contribution in [0.15, 0.2) is 0 Å². The summed E-state index contributed by atoms with van der Waals surface area (Å²) in [6.07, 6.45) is -1.68. The fourth-order valence-corrected chi connectivity index (χ4v) is 1.94. The average Bonchev–Trinajstić information content (AvgIpc) is 2.58. The lowest BCUT2D eigenvalue weighted by atomic mass is 10.1. The number of alkyl halides is 3. The fourth-order valence-electron chi connectivity index (χ4n) is 1.94. The molecule has 0 aromatic rings. The molecule has 0 radical (unpaired) electrons. The van der Waals surface area contributed by atoms with Gasteiger partial charge >= 0.3 is 6.36 Å². The molecule has 1 fully saturated rings. The summed E-state index contributed by atoms with van der Waals surface area (Å²) in [5.74, 6) is 0.177. The van der Waals surface area contributed by atoms with Crippen molar-refractivity contribution in [3.8, 4) is 0 Å². The number of nitrogens with one attached hydrogen (secondary N) is 1. The summed E-state index contributed by atoms with van der Waals surface area (Å²) in [7, 11) is 0. The lowest BCUT2D eigenvalue weighted by molar-refractivity contribution is -0.323. The zero-order valence-electron chi connectivity index (χ0n) is 8.39. The number of hydrogen-bond donors (Lipinski definition) is 2. The van der Waals surface area contributed by atoms with Crippen LogP contribution < -0.4 is 5.32 Å². The zero-order chi connectivity index (χ0) is 11.3. The van der Waals surface area contributed by atoms with E-state index in [1.54, 1.807) is 0 Å². The van der Waals surface area contributed by atoms with Gasteiger partial charge in [-0.1, -0.05) is 6.42 Å². The van der Waals surface area contributed by atoms with E-state index in [-0.39, 0.29) is 31.7 Å². The van der Waals surface area contributed by atoms with E-state index < -0.39 is 6.36 Å². The number of rotatable bonds is 5. The standard InChI is InChI=1S/C9H16F3NO2/c10-9(11,12)15-5-4-13-8-3-1-2-7(8)6-14/h7-8,13-14H,1-6H2. The minimum absolute atomic E-state index is 0.0950. The van der Waals surface area contributed by atoms with Crippen LogP contribution in [0.25, 0.3) is 0 Å². The van der Waals surface area contributed by atoms with Gasteiger partial charge in [0.2, 0.25) is 0 Å². The van der Waals surface area contributed by atoms with Gasteiger partial charge in [0.1, 0.15) is 0 Å². The highest BCUT2D eigenvalue weighted by atomic mass is 19.4. The van der Waals surface area contributed by atoms with E-state index in [2.05, 4.69) is 10.1 Å². The first-order valence-electron chi connectivity index (χ1n) is 5.08. The minimum atomic E-state index is -4.55. The monoisotopic (exact) mass is 227 g/mol. The molecule has 0 aliphatic heterocycles. The van der Waals surface area contributed by atoms with Gasteiger partial charge in [0.25, 0.3) is 0 Å². The molecular formula is C9H16F3NO2. The van der Waals surface area contributed by atoms with Crippen LogP contribution in [-0.4, -0.2) is 37.3 Å². The van der Waals surface area contributed by atoms with Crippen molar-refractivity contribution < 1.29 is 23.0 Å². The number of halogens is 3. The smallest absolute Gasteiger partial charge is 0.396 e. The van der Waals surface area contributed by atoms with Gasteiger partial charge in [-0.15, -0.1) is 13.2 Å². The Morgan fingerprint density at radius 1 is 1.33 bits per heavy atom. The van der Waals surface area contributed by atoms with Gasteiger partial charge < -0.3 is 10.4 Å². The molecule has 6 heteroatoms. The van der Waals surface area contributed by atoms with Crippen LogP contribution in [0.3, 0.4) is 0 Å². The molecule has 2 N–H and O–H groups in total. The van der Waals surface area contributed by atoms with Crippen molar-refractivity contribution in [1.29, 1.82) is 0 Å². The van der Waals surface area contributed by atoms with E-state index in [1.807, 2.05) is 0 Å². The van der Waals surface area contributed by atoms with Crippen molar-refractivity contribution in [3.63, 3.8) is 0 Å². The predicted octanol–water partition coefficient (Wildman–Crippen LogP) is 1.27. The first-order valence-corrected chi connectivity index (χ1v) is 5.08. The average molecular weight is 227 g/mol. The molecule has 15 heavy (non-hydrogen) atoms. The van der Waals surface area contributed by atoms with Crippen LogP contribution in [0.1, 0.15) is 19.3 Å². The Morgan fingerprint density at radius 3 is 2.67 bits per heavy atom. The first kappa shape index (κ1) is 12.7.